The van der Waals surface area contributed by atoms with Crippen LogP contribution in [-0.4, -0.2) is 40.2 Å². The molecule has 3 heterocycles. The summed E-state index contributed by atoms with van der Waals surface area (Å²) >= 11 is 1.85. The van der Waals surface area contributed by atoms with E-state index in [9.17, 15) is 0 Å². The first-order valence-electron chi connectivity index (χ1n) is 8.41. The van der Waals surface area contributed by atoms with Crippen LogP contribution in [-0.2, 0) is 24.4 Å². The second-order valence-electron chi connectivity index (χ2n) is 6.90. The lowest BCUT2D eigenvalue weighted by atomic mass is 9.98. The Hall–Kier alpha value is -1.24. The highest BCUT2D eigenvalue weighted by Gasteiger charge is 2.33. The van der Waals surface area contributed by atoms with Gasteiger partial charge in [-0.25, -0.2) is 4.68 Å². The zero-order chi connectivity index (χ0) is 15.8. The standard InChI is InChI=1S/C17H24N4OS/c1-12-5-6-23-16(12)10-20-8-14(11-22-2)17-15(9-20)18-19-21(17)7-13-3-4-13/h5-6,13-14H,3-4,7-11H2,1-2H3. The van der Waals surface area contributed by atoms with Gasteiger partial charge in [0.1, 0.15) is 5.69 Å². The molecule has 0 aromatic carbocycles. The van der Waals surface area contributed by atoms with E-state index in [1.165, 1.54) is 29.0 Å². The van der Waals surface area contributed by atoms with Crippen molar-refractivity contribution in [3.05, 3.63) is 33.3 Å². The van der Waals surface area contributed by atoms with Crippen molar-refractivity contribution in [2.24, 2.45) is 5.92 Å². The molecule has 1 atom stereocenters. The van der Waals surface area contributed by atoms with Crippen LogP contribution in [0.1, 0.15) is 40.6 Å². The third kappa shape index (κ3) is 3.20. The van der Waals surface area contributed by atoms with Gasteiger partial charge >= 0.3 is 0 Å². The van der Waals surface area contributed by atoms with Gasteiger partial charge in [-0.15, -0.1) is 16.4 Å². The maximum atomic E-state index is 5.50. The third-order valence-corrected chi connectivity index (χ3v) is 5.92. The number of hydrogen-bond acceptors (Lipinski definition) is 5. The minimum atomic E-state index is 0.373. The summed E-state index contributed by atoms with van der Waals surface area (Å²) in [5.41, 5.74) is 3.85. The van der Waals surface area contributed by atoms with E-state index in [-0.39, 0.29) is 0 Å². The van der Waals surface area contributed by atoms with Crippen molar-refractivity contribution in [2.75, 3.05) is 20.3 Å². The minimum Gasteiger partial charge on any atom is -0.384 e. The van der Waals surface area contributed by atoms with Gasteiger partial charge in [0.15, 0.2) is 0 Å². The van der Waals surface area contributed by atoms with Crippen LogP contribution < -0.4 is 0 Å². The van der Waals surface area contributed by atoms with Gasteiger partial charge in [0.2, 0.25) is 0 Å². The summed E-state index contributed by atoms with van der Waals surface area (Å²) in [6.07, 6.45) is 2.68. The van der Waals surface area contributed by atoms with E-state index < -0.39 is 0 Å². The molecule has 124 valence electrons. The molecule has 2 aromatic heterocycles. The van der Waals surface area contributed by atoms with Crippen LogP contribution in [0.25, 0.3) is 0 Å². The van der Waals surface area contributed by atoms with Gasteiger partial charge < -0.3 is 4.74 Å². The summed E-state index contributed by atoms with van der Waals surface area (Å²) < 4.78 is 7.65. The number of nitrogens with zero attached hydrogens (tertiary/aromatic N) is 4. The van der Waals surface area contributed by atoms with Gasteiger partial charge in [0.05, 0.1) is 12.3 Å². The highest BCUT2D eigenvalue weighted by molar-refractivity contribution is 7.10. The van der Waals surface area contributed by atoms with E-state index in [4.69, 9.17) is 4.74 Å². The smallest absolute Gasteiger partial charge is 0.100 e. The SMILES string of the molecule is COCC1CN(Cc2sccc2C)Cc2nnn(CC3CC3)c21. The van der Waals surface area contributed by atoms with Gasteiger partial charge in [-0.3, -0.25) is 4.90 Å². The Bertz CT molecular complexity index is 676. The highest BCUT2D eigenvalue weighted by atomic mass is 32.1. The van der Waals surface area contributed by atoms with Crippen molar-refractivity contribution in [2.45, 2.75) is 45.3 Å². The van der Waals surface area contributed by atoms with Crippen LogP contribution in [0, 0.1) is 12.8 Å². The molecular weight excluding hydrogens is 308 g/mol. The van der Waals surface area contributed by atoms with Crippen LogP contribution in [0.4, 0.5) is 0 Å². The van der Waals surface area contributed by atoms with Crippen molar-refractivity contribution in [1.29, 1.82) is 0 Å². The van der Waals surface area contributed by atoms with E-state index in [1.807, 2.05) is 11.3 Å². The molecule has 1 saturated carbocycles. The molecule has 23 heavy (non-hydrogen) atoms. The average Bonchev–Trinajstić information content (AvgIpc) is 3.13. The predicted octanol–water partition coefficient (Wildman–Crippen LogP) is 2.80. The van der Waals surface area contributed by atoms with Crippen LogP contribution >= 0.6 is 11.3 Å². The molecule has 5 nitrogen and oxygen atoms in total. The number of thiophene rings is 1. The molecule has 4 rings (SSSR count). The van der Waals surface area contributed by atoms with Crippen LogP contribution in [0.3, 0.4) is 0 Å². The van der Waals surface area contributed by atoms with E-state index in [0.29, 0.717) is 5.92 Å². The number of hydrogen-bond donors (Lipinski definition) is 0. The van der Waals surface area contributed by atoms with Crippen molar-refractivity contribution in [3.8, 4) is 0 Å². The highest BCUT2D eigenvalue weighted by Crippen LogP contribution is 2.34. The molecule has 0 radical (unpaired) electrons. The zero-order valence-corrected chi connectivity index (χ0v) is 14.7. The normalized spacial score (nSPS) is 21.6. The number of ether oxygens (including phenoxy) is 1. The van der Waals surface area contributed by atoms with E-state index in [2.05, 4.69) is 38.3 Å². The molecule has 1 aliphatic carbocycles. The lowest BCUT2D eigenvalue weighted by Gasteiger charge is -2.32. The number of aromatic nitrogens is 3. The fourth-order valence-corrected chi connectivity index (χ4v) is 4.44. The largest absolute Gasteiger partial charge is 0.384 e. The Labute approximate surface area is 141 Å². The van der Waals surface area contributed by atoms with Gasteiger partial charge in [-0.1, -0.05) is 5.21 Å². The average molecular weight is 332 g/mol. The minimum absolute atomic E-state index is 0.373. The molecule has 2 aromatic rings. The van der Waals surface area contributed by atoms with E-state index in [0.717, 1.165) is 44.4 Å². The number of aryl methyl sites for hydroxylation is 1. The van der Waals surface area contributed by atoms with Crippen LogP contribution in [0.15, 0.2) is 11.4 Å². The first-order chi connectivity index (χ1) is 11.2. The second kappa shape index (κ2) is 6.34. The molecule has 0 bridgehead atoms. The topological polar surface area (TPSA) is 43.2 Å². The van der Waals surface area contributed by atoms with Gasteiger partial charge in [0.25, 0.3) is 0 Å². The first kappa shape index (κ1) is 15.3. The Morgan fingerprint density at radius 3 is 2.96 bits per heavy atom. The molecule has 6 heteroatoms. The van der Waals surface area contributed by atoms with Crippen molar-refractivity contribution in [1.82, 2.24) is 19.9 Å². The molecule has 1 unspecified atom stereocenters. The predicted molar refractivity (Wildman–Crippen MR) is 90.5 cm³/mol. The van der Waals surface area contributed by atoms with Crippen LogP contribution in [0.2, 0.25) is 0 Å². The monoisotopic (exact) mass is 332 g/mol. The Morgan fingerprint density at radius 1 is 1.39 bits per heavy atom. The summed E-state index contributed by atoms with van der Waals surface area (Å²) in [4.78, 5) is 3.94. The van der Waals surface area contributed by atoms with Crippen molar-refractivity contribution >= 4 is 11.3 Å². The molecule has 1 aliphatic heterocycles. The lowest BCUT2D eigenvalue weighted by Crippen LogP contribution is -2.36. The number of fused-ring (bicyclic) bond motifs is 1. The first-order valence-corrected chi connectivity index (χ1v) is 9.29. The van der Waals surface area contributed by atoms with Gasteiger partial charge in [-0.2, -0.15) is 0 Å². The summed E-state index contributed by atoms with van der Waals surface area (Å²) in [5.74, 6) is 1.19. The summed E-state index contributed by atoms with van der Waals surface area (Å²) in [6, 6.07) is 2.20. The third-order valence-electron chi connectivity index (χ3n) is 4.92. The second-order valence-corrected chi connectivity index (χ2v) is 7.90. The molecule has 0 spiro atoms. The Balaban J connectivity index is 1.55. The Kier molecular flexibility index (Phi) is 4.22. The molecule has 0 N–H and O–H groups in total. The van der Waals surface area contributed by atoms with Gasteiger partial charge in [0, 0.05) is 44.1 Å². The summed E-state index contributed by atoms with van der Waals surface area (Å²) in [7, 11) is 1.79. The number of methoxy groups -OCH3 is 1. The molecule has 1 fully saturated rings. The Morgan fingerprint density at radius 2 is 2.26 bits per heavy atom. The fourth-order valence-electron chi connectivity index (χ4n) is 3.49. The number of rotatable bonds is 6. The van der Waals surface area contributed by atoms with Crippen molar-refractivity contribution < 1.29 is 4.74 Å². The van der Waals surface area contributed by atoms with Crippen molar-refractivity contribution in [3.63, 3.8) is 0 Å². The van der Waals surface area contributed by atoms with Gasteiger partial charge in [-0.05, 0) is 42.7 Å². The summed E-state index contributed by atoms with van der Waals surface area (Å²) in [6.45, 7) is 6.89. The molecular formula is C17H24N4OS. The van der Waals surface area contributed by atoms with E-state index in [1.54, 1.807) is 7.11 Å². The fraction of sp³-hybridized carbons (Fsp3) is 0.647. The zero-order valence-electron chi connectivity index (χ0n) is 13.9. The maximum Gasteiger partial charge on any atom is 0.100 e. The molecule has 2 aliphatic rings. The molecule has 0 amide bonds. The maximum absolute atomic E-state index is 5.50. The molecule has 0 saturated heterocycles. The summed E-state index contributed by atoms with van der Waals surface area (Å²) in [5, 5.41) is 11.1. The quantitative estimate of drug-likeness (QED) is 0.816. The van der Waals surface area contributed by atoms with E-state index >= 15 is 0 Å². The lowest BCUT2D eigenvalue weighted by molar-refractivity contribution is 0.131. The van der Waals surface area contributed by atoms with Crippen LogP contribution in [0.5, 0.6) is 0 Å².